The van der Waals surface area contributed by atoms with Gasteiger partial charge in [0, 0.05) is 24.9 Å². The smallest absolute Gasteiger partial charge is 0.123 e. The number of hydrogen-bond donors (Lipinski definition) is 0. The molecule has 1 heterocycles. The molecule has 1 atom stereocenters. The van der Waals surface area contributed by atoms with Gasteiger partial charge in [-0.15, -0.1) is 0 Å². The van der Waals surface area contributed by atoms with Crippen LogP contribution in [0.25, 0.3) is 0 Å². The fraction of sp³-hybridized carbons (Fsp3) is 0.333. The van der Waals surface area contributed by atoms with Crippen LogP contribution in [-0.2, 0) is 22.6 Å². The van der Waals surface area contributed by atoms with Crippen molar-refractivity contribution in [2.24, 2.45) is 5.92 Å². The van der Waals surface area contributed by atoms with Gasteiger partial charge in [-0.1, -0.05) is 30.3 Å². The van der Waals surface area contributed by atoms with Crippen LogP contribution in [0.3, 0.4) is 0 Å². The highest BCUT2D eigenvalue weighted by Gasteiger charge is 2.08. The van der Waals surface area contributed by atoms with Crippen molar-refractivity contribution in [3.63, 3.8) is 0 Å². The number of pyridine rings is 1. The molecule has 3 heteroatoms. The standard InChI is InChI=1S/C18H21NO2/c20-14-18(13-16-8-10-19-11-9-16)7-4-12-21-15-17-5-2-1-3-6-17/h1-3,5-6,8-11,14,18H,4,7,12-13,15H2/t18-/m1/s1. The van der Waals surface area contributed by atoms with E-state index in [9.17, 15) is 4.79 Å². The number of aromatic nitrogens is 1. The maximum atomic E-state index is 11.1. The van der Waals surface area contributed by atoms with Crippen LogP contribution in [0, 0.1) is 5.92 Å². The van der Waals surface area contributed by atoms with Gasteiger partial charge >= 0.3 is 0 Å². The summed E-state index contributed by atoms with van der Waals surface area (Å²) in [5.74, 6) is 0.0627. The highest BCUT2D eigenvalue weighted by atomic mass is 16.5. The molecule has 0 unspecified atom stereocenters. The fourth-order valence-electron chi connectivity index (χ4n) is 2.25. The SMILES string of the molecule is O=C[C@H](CCCOCc1ccccc1)Cc1ccncc1. The number of nitrogens with zero attached hydrogens (tertiary/aromatic N) is 1. The van der Waals surface area contributed by atoms with Crippen LogP contribution in [0.15, 0.2) is 54.9 Å². The first kappa shape index (κ1) is 15.4. The summed E-state index contributed by atoms with van der Waals surface area (Å²) in [7, 11) is 0. The van der Waals surface area contributed by atoms with Crippen LogP contribution >= 0.6 is 0 Å². The molecule has 0 spiro atoms. The predicted molar refractivity (Wildman–Crippen MR) is 82.8 cm³/mol. The second kappa shape index (κ2) is 9.03. The van der Waals surface area contributed by atoms with Gasteiger partial charge in [0.15, 0.2) is 0 Å². The minimum Gasteiger partial charge on any atom is -0.377 e. The van der Waals surface area contributed by atoms with Gasteiger partial charge in [0.25, 0.3) is 0 Å². The number of hydrogen-bond acceptors (Lipinski definition) is 3. The summed E-state index contributed by atoms with van der Waals surface area (Å²) in [6.07, 6.45) is 7.13. The minimum absolute atomic E-state index is 0.0627. The van der Waals surface area contributed by atoms with Crippen LogP contribution < -0.4 is 0 Å². The van der Waals surface area contributed by atoms with Crippen molar-refractivity contribution in [2.45, 2.75) is 25.9 Å². The van der Waals surface area contributed by atoms with E-state index in [4.69, 9.17) is 4.74 Å². The molecule has 1 aromatic carbocycles. The van der Waals surface area contributed by atoms with Gasteiger partial charge in [0.05, 0.1) is 6.61 Å². The van der Waals surface area contributed by atoms with Gasteiger partial charge < -0.3 is 9.53 Å². The molecule has 1 aromatic heterocycles. The summed E-state index contributed by atoms with van der Waals surface area (Å²) in [5, 5.41) is 0. The zero-order chi connectivity index (χ0) is 14.8. The average Bonchev–Trinajstić information content (AvgIpc) is 2.55. The number of ether oxygens (including phenoxy) is 1. The Morgan fingerprint density at radius 2 is 1.81 bits per heavy atom. The Morgan fingerprint density at radius 1 is 1.05 bits per heavy atom. The van der Waals surface area contributed by atoms with Crippen molar-refractivity contribution in [1.82, 2.24) is 4.98 Å². The lowest BCUT2D eigenvalue weighted by molar-refractivity contribution is -0.111. The molecule has 3 nitrogen and oxygen atoms in total. The second-order valence-corrected chi connectivity index (χ2v) is 5.14. The summed E-state index contributed by atoms with van der Waals surface area (Å²) in [6.45, 7) is 1.33. The van der Waals surface area contributed by atoms with E-state index in [1.165, 1.54) is 5.56 Å². The highest BCUT2D eigenvalue weighted by molar-refractivity contribution is 5.54. The lowest BCUT2D eigenvalue weighted by atomic mass is 9.97. The Labute approximate surface area is 126 Å². The van der Waals surface area contributed by atoms with Crippen molar-refractivity contribution >= 4 is 6.29 Å². The zero-order valence-corrected chi connectivity index (χ0v) is 12.2. The molecule has 0 saturated heterocycles. The van der Waals surface area contributed by atoms with Gasteiger partial charge in [0.1, 0.15) is 6.29 Å². The highest BCUT2D eigenvalue weighted by Crippen LogP contribution is 2.12. The molecule has 0 radical (unpaired) electrons. The van der Waals surface area contributed by atoms with Gasteiger partial charge in [-0.2, -0.15) is 0 Å². The molecule has 0 saturated carbocycles. The van der Waals surface area contributed by atoms with Crippen molar-refractivity contribution < 1.29 is 9.53 Å². The number of aldehydes is 1. The van der Waals surface area contributed by atoms with E-state index in [1.54, 1.807) is 12.4 Å². The van der Waals surface area contributed by atoms with Crippen molar-refractivity contribution in [3.8, 4) is 0 Å². The van der Waals surface area contributed by atoms with Crippen LogP contribution in [0.5, 0.6) is 0 Å². The molecule has 0 amide bonds. The topological polar surface area (TPSA) is 39.2 Å². The third-order valence-electron chi connectivity index (χ3n) is 3.41. The fourth-order valence-corrected chi connectivity index (χ4v) is 2.25. The molecule has 2 rings (SSSR count). The lowest BCUT2D eigenvalue weighted by Crippen LogP contribution is -2.08. The van der Waals surface area contributed by atoms with E-state index < -0.39 is 0 Å². The monoisotopic (exact) mass is 283 g/mol. The van der Waals surface area contributed by atoms with Crippen LogP contribution in [-0.4, -0.2) is 17.9 Å². The predicted octanol–water partition coefficient (Wildman–Crippen LogP) is 3.44. The molecule has 21 heavy (non-hydrogen) atoms. The van der Waals surface area contributed by atoms with E-state index in [-0.39, 0.29) is 5.92 Å². The number of rotatable bonds is 9. The molecule has 0 aliphatic carbocycles. The quantitative estimate of drug-likeness (QED) is 0.523. The zero-order valence-electron chi connectivity index (χ0n) is 12.2. The van der Waals surface area contributed by atoms with E-state index in [2.05, 4.69) is 17.1 Å². The summed E-state index contributed by atoms with van der Waals surface area (Å²) in [4.78, 5) is 15.1. The molecule has 110 valence electrons. The Kier molecular flexibility index (Phi) is 6.62. The van der Waals surface area contributed by atoms with Crippen LogP contribution in [0.1, 0.15) is 24.0 Å². The molecular formula is C18H21NO2. The van der Waals surface area contributed by atoms with Crippen molar-refractivity contribution in [1.29, 1.82) is 0 Å². The second-order valence-electron chi connectivity index (χ2n) is 5.14. The Morgan fingerprint density at radius 3 is 2.52 bits per heavy atom. The van der Waals surface area contributed by atoms with Gasteiger partial charge in [-0.25, -0.2) is 0 Å². The molecular weight excluding hydrogens is 262 g/mol. The molecule has 0 fully saturated rings. The third-order valence-corrected chi connectivity index (χ3v) is 3.41. The normalized spacial score (nSPS) is 12.0. The first-order chi connectivity index (χ1) is 10.4. The maximum Gasteiger partial charge on any atom is 0.123 e. The Bertz CT molecular complexity index is 513. The number of carbonyl (C=O) groups is 1. The largest absolute Gasteiger partial charge is 0.377 e. The first-order valence-corrected chi connectivity index (χ1v) is 7.34. The minimum atomic E-state index is 0.0627. The number of benzene rings is 1. The molecule has 0 aliphatic heterocycles. The van der Waals surface area contributed by atoms with Crippen LogP contribution in [0.4, 0.5) is 0 Å². The average molecular weight is 283 g/mol. The number of carbonyl (C=O) groups excluding carboxylic acids is 1. The van der Waals surface area contributed by atoms with Gasteiger partial charge in [0.2, 0.25) is 0 Å². The lowest BCUT2D eigenvalue weighted by Gasteiger charge is -2.10. The van der Waals surface area contributed by atoms with Gasteiger partial charge in [-0.05, 0) is 42.5 Å². The van der Waals surface area contributed by atoms with Crippen molar-refractivity contribution in [2.75, 3.05) is 6.61 Å². The summed E-state index contributed by atoms with van der Waals surface area (Å²) < 4.78 is 5.64. The molecule has 2 aromatic rings. The van der Waals surface area contributed by atoms with Crippen molar-refractivity contribution in [3.05, 3.63) is 66.0 Å². The summed E-state index contributed by atoms with van der Waals surface area (Å²) in [6, 6.07) is 14.0. The van der Waals surface area contributed by atoms with Crippen LogP contribution in [0.2, 0.25) is 0 Å². The van der Waals surface area contributed by atoms with E-state index in [1.807, 2.05) is 30.3 Å². The third kappa shape index (κ3) is 5.88. The molecule has 0 N–H and O–H groups in total. The maximum absolute atomic E-state index is 11.1. The Balaban J connectivity index is 1.63. The summed E-state index contributed by atoms with van der Waals surface area (Å²) in [5.41, 5.74) is 2.34. The van der Waals surface area contributed by atoms with Gasteiger partial charge in [-0.3, -0.25) is 4.98 Å². The van der Waals surface area contributed by atoms with E-state index >= 15 is 0 Å². The van der Waals surface area contributed by atoms with E-state index in [0.717, 1.165) is 31.1 Å². The molecule has 0 aliphatic rings. The Hall–Kier alpha value is -2.00. The molecule has 0 bridgehead atoms. The summed E-state index contributed by atoms with van der Waals surface area (Å²) >= 11 is 0. The van der Waals surface area contributed by atoms with E-state index in [0.29, 0.717) is 13.2 Å². The first-order valence-electron chi connectivity index (χ1n) is 7.34.